The molecule has 0 aromatic heterocycles. The van der Waals surface area contributed by atoms with Crippen LogP contribution in [0.2, 0.25) is 5.02 Å². The summed E-state index contributed by atoms with van der Waals surface area (Å²) in [6, 6.07) is 22.8. The number of anilines is 2. The molecule has 0 amide bonds. The van der Waals surface area contributed by atoms with Gasteiger partial charge in [0.05, 0.1) is 17.8 Å². The molecule has 3 aromatic rings. The number of fused-ring (bicyclic) bond motifs is 2. The molecule has 6 heteroatoms. The molecule has 0 spiro atoms. The summed E-state index contributed by atoms with van der Waals surface area (Å²) in [5, 5.41) is 0.554. The molecule has 0 saturated carbocycles. The van der Waals surface area contributed by atoms with Crippen molar-refractivity contribution in [3.8, 4) is 0 Å². The molecule has 0 radical (unpaired) electrons. The normalized spacial score (nSPS) is 12.1. The Morgan fingerprint density at radius 3 is 2.07 bits per heavy atom. The molecule has 4 nitrogen and oxygen atoms in total. The minimum absolute atomic E-state index is 0.182. The summed E-state index contributed by atoms with van der Waals surface area (Å²) in [4.78, 5) is 28.9. The predicted octanol–water partition coefficient (Wildman–Crippen LogP) is 5.76. The number of nitrogens with zero attached hydrogens (tertiary/aromatic N) is 1. The minimum Gasteiger partial charge on any atom is -0.457 e. The van der Waals surface area contributed by atoms with E-state index in [1.165, 1.54) is 0 Å². The van der Waals surface area contributed by atoms with Crippen molar-refractivity contribution in [1.82, 2.24) is 0 Å². The van der Waals surface area contributed by atoms with Crippen molar-refractivity contribution in [2.24, 2.45) is 0 Å². The maximum Gasteiger partial charge on any atom is 0.308 e. The van der Waals surface area contributed by atoms with Crippen LogP contribution in [0.15, 0.2) is 82.6 Å². The van der Waals surface area contributed by atoms with Crippen LogP contribution in [0.5, 0.6) is 0 Å². The van der Waals surface area contributed by atoms with Gasteiger partial charge in [-0.3, -0.25) is 9.59 Å². The third-order valence-electron chi connectivity index (χ3n) is 4.60. The predicted molar refractivity (Wildman–Crippen MR) is 115 cm³/mol. The summed E-state index contributed by atoms with van der Waals surface area (Å²) in [6.07, 6.45) is 0.182. The lowest BCUT2D eigenvalue weighted by atomic mass is 10.1. The zero-order valence-corrected chi connectivity index (χ0v) is 17.1. The highest BCUT2D eigenvalue weighted by Gasteiger charge is 2.23. The van der Waals surface area contributed by atoms with Crippen molar-refractivity contribution in [3.05, 3.63) is 83.4 Å². The van der Waals surface area contributed by atoms with Crippen LogP contribution in [0.3, 0.4) is 0 Å². The molecule has 0 N–H and O–H groups in total. The van der Waals surface area contributed by atoms with Crippen LogP contribution in [-0.4, -0.2) is 24.9 Å². The third kappa shape index (κ3) is 4.47. The van der Waals surface area contributed by atoms with Crippen LogP contribution in [0, 0.1) is 0 Å². The lowest BCUT2D eigenvalue weighted by Crippen LogP contribution is -2.25. The number of benzene rings is 3. The number of halogens is 1. The van der Waals surface area contributed by atoms with Gasteiger partial charge in [-0.05, 0) is 48.5 Å². The number of hydrogen-bond donors (Lipinski definition) is 0. The number of para-hydroxylation sites is 2. The first kappa shape index (κ1) is 19.6. The average Bonchev–Trinajstić information content (AvgIpc) is 2.75. The second-order valence-electron chi connectivity index (χ2n) is 6.53. The van der Waals surface area contributed by atoms with Gasteiger partial charge in [0.1, 0.15) is 0 Å². The van der Waals surface area contributed by atoms with Gasteiger partial charge in [0, 0.05) is 26.9 Å². The molecule has 1 aliphatic heterocycles. The molecule has 4 rings (SSSR count). The zero-order valence-electron chi connectivity index (χ0n) is 15.5. The van der Waals surface area contributed by atoms with Crippen LogP contribution in [0.25, 0.3) is 0 Å². The van der Waals surface area contributed by atoms with Crippen LogP contribution >= 0.6 is 23.4 Å². The Kier molecular flexibility index (Phi) is 5.88. The summed E-state index contributed by atoms with van der Waals surface area (Å²) in [6.45, 7) is 0.200. The Balaban J connectivity index is 1.39. The summed E-state index contributed by atoms with van der Waals surface area (Å²) < 4.78 is 5.20. The van der Waals surface area contributed by atoms with E-state index in [9.17, 15) is 9.59 Å². The highest BCUT2D eigenvalue weighted by atomic mass is 35.5. The van der Waals surface area contributed by atoms with E-state index < -0.39 is 5.97 Å². The van der Waals surface area contributed by atoms with Gasteiger partial charge in [0.25, 0.3) is 0 Å². The molecular weight excluding hydrogens is 406 g/mol. The zero-order chi connectivity index (χ0) is 20.2. The van der Waals surface area contributed by atoms with Gasteiger partial charge in [-0.1, -0.05) is 47.6 Å². The molecule has 1 aliphatic rings. The standard InChI is InChI=1S/C23H18ClNO3S/c24-17-11-9-16(10-12-17)20(26)15-28-23(27)13-14-25-18-5-1-3-7-21(18)29-22-8-4-2-6-19(22)25/h1-12H,13-15H2. The van der Waals surface area contributed by atoms with Crippen molar-refractivity contribution in [2.45, 2.75) is 16.2 Å². The molecule has 0 atom stereocenters. The Morgan fingerprint density at radius 1 is 0.862 bits per heavy atom. The van der Waals surface area contributed by atoms with E-state index in [2.05, 4.69) is 17.0 Å². The number of carbonyl (C=O) groups is 2. The van der Waals surface area contributed by atoms with E-state index in [1.54, 1.807) is 36.0 Å². The van der Waals surface area contributed by atoms with Gasteiger partial charge in [-0.25, -0.2) is 0 Å². The lowest BCUT2D eigenvalue weighted by molar-refractivity contribution is -0.142. The number of hydrogen-bond acceptors (Lipinski definition) is 5. The molecule has 0 fully saturated rings. The van der Waals surface area contributed by atoms with Gasteiger partial charge in [0.2, 0.25) is 0 Å². The van der Waals surface area contributed by atoms with E-state index in [0.717, 1.165) is 21.2 Å². The smallest absolute Gasteiger partial charge is 0.308 e. The minimum atomic E-state index is -0.402. The fourth-order valence-electron chi connectivity index (χ4n) is 3.16. The first-order chi connectivity index (χ1) is 14.1. The largest absolute Gasteiger partial charge is 0.457 e. The molecule has 0 unspecified atom stereocenters. The van der Waals surface area contributed by atoms with Crippen LogP contribution < -0.4 is 4.90 Å². The number of esters is 1. The third-order valence-corrected chi connectivity index (χ3v) is 5.98. The number of rotatable bonds is 6. The SMILES string of the molecule is O=C(CCN1c2ccccc2Sc2ccccc21)OCC(=O)c1ccc(Cl)cc1. The summed E-state index contributed by atoms with van der Waals surface area (Å²) in [7, 11) is 0. The molecule has 1 heterocycles. The maximum atomic E-state index is 12.3. The Morgan fingerprint density at radius 2 is 1.45 bits per heavy atom. The number of Topliss-reactive ketones (excluding diaryl/α,β-unsaturated/α-hetero) is 1. The van der Waals surface area contributed by atoms with E-state index in [1.807, 2.05) is 36.4 Å². The maximum absolute atomic E-state index is 12.3. The van der Waals surface area contributed by atoms with Crippen LogP contribution in [0.4, 0.5) is 11.4 Å². The molecule has 29 heavy (non-hydrogen) atoms. The lowest BCUT2D eigenvalue weighted by Gasteiger charge is -2.32. The van der Waals surface area contributed by atoms with E-state index in [0.29, 0.717) is 17.1 Å². The Labute approximate surface area is 178 Å². The quantitative estimate of drug-likeness (QED) is 0.372. The number of ketones is 1. The van der Waals surface area contributed by atoms with Crippen molar-refractivity contribution in [3.63, 3.8) is 0 Å². The summed E-state index contributed by atoms with van der Waals surface area (Å²) in [5.74, 6) is -0.652. The molecule has 0 saturated heterocycles. The molecule has 0 aliphatic carbocycles. The molecule has 3 aromatic carbocycles. The number of ether oxygens (including phenoxy) is 1. The summed E-state index contributed by atoms with van der Waals surface area (Å²) >= 11 is 7.55. The van der Waals surface area contributed by atoms with E-state index in [4.69, 9.17) is 16.3 Å². The van der Waals surface area contributed by atoms with Gasteiger partial charge in [0.15, 0.2) is 12.4 Å². The van der Waals surface area contributed by atoms with Crippen LogP contribution in [0.1, 0.15) is 16.8 Å². The second kappa shape index (κ2) is 8.72. The number of carbonyl (C=O) groups excluding carboxylic acids is 2. The monoisotopic (exact) mass is 423 g/mol. The van der Waals surface area contributed by atoms with Gasteiger partial charge >= 0.3 is 5.97 Å². The van der Waals surface area contributed by atoms with E-state index in [-0.39, 0.29) is 18.8 Å². The highest BCUT2D eigenvalue weighted by Crippen LogP contribution is 2.47. The van der Waals surface area contributed by atoms with Crippen LogP contribution in [-0.2, 0) is 9.53 Å². The first-order valence-corrected chi connectivity index (χ1v) is 10.4. The molecular formula is C23H18ClNO3S. The van der Waals surface area contributed by atoms with Gasteiger partial charge < -0.3 is 9.64 Å². The fraction of sp³-hybridized carbons (Fsp3) is 0.130. The first-order valence-electron chi connectivity index (χ1n) is 9.19. The van der Waals surface area contributed by atoms with Gasteiger partial charge in [-0.2, -0.15) is 0 Å². The molecule has 146 valence electrons. The Bertz CT molecular complexity index is 1010. The molecule has 0 bridgehead atoms. The fourth-order valence-corrected chi connectivity index (χ4v) is 4.38. The second-order valence-corrected chi connectivity index (χ2v) is 8.05. The van der Waals surface area contributed by atoms with Crippen molar-refractivity contribution in [1.29, 1.82) is 0 Å². The van der Waals surface area contributed by atoms with E-state index >= 15 is 0 Å². The average molecular weight is 424 g/mol. The topological polar surface area (TPSA) is 46.6 Å². The van der Waals surface area contributed by atoms with Gasteiger partial charge in [-0.15, -0.1) is 0 Å². The van der Waals surface area contributed by atoms with Crippen molar-refractivity contribution < 1.29 is 14.3 Å². The Hall–Kier alpha value is -2.76. The van der Waals surface area contributed by atoms with Crippen molar-refractivity contribution >= 4 is 46.5 Å². The summed E-state index contributed by atoms with van der Waals surface area (Å²) in [5.41, 5.74) is 2.61. The van der Waals surface area contributed by atoms with Crippen molar-refractivity contribution in [2.75, 3.05) is 18.1 Å². The highest BCUT2D eigenvalue weighted by molar-refractivity contribution is 7.99.